The Morgan fingerprint density at radius 2 is 1.65 bits per heavy atom. The Morgan fingerprint density at radius 3 is 2.38 bits per heavy atom. The average molecular weight is 344 g/mol. The largest absolute Gasteiger partial charge is 0.496 e. The van der Waals surface area contributed by atoms with Gasteiger partial charge in [-0.15, -0.1) is 0 Å². The molecule has 0 saturated heterocycles. The van der Waals surface area contributed by atoms with E-state index in [1.165, 1.54) is 49.4 Å². The highest BCUT2D eigenvalue weighted by atomic mass is 16.5. The van der Waals surface area contributed by atoms with Gasteiger partial charge in [-0.2, -0.15) is 4.40 Å². The Hall–Kier alpha value is -2.61. The topological polar surface area (TPSA) is 13.3 Å². The van der Waals surface area contributed by atoms with Crippen molar-refractivity contribution in [3.63, 3.8) is 0 Å². The zero-order valence-corrected chi connectivity index (χ0v) is 16.3. The number of fused-ring (bicyclic) bond motifs is 4. The second kappa shape index (κ2) is 6.28. The summed E-state index contributed by atoms with van der Waals surface area (Å²) in [5.74, 6) is 0.993. The molecule has 2 aromatic heterocycles. The third-order valence-electron chi connectivity index (χ3n) is 5.62. The lowest BCUT2D eigenvalue weighted by Gasteiger charge is -2.11. The van der Waals surface area contributed by atoms with Crippen LogP contribution in [0, 0.1) is 20.8 Å². The van der Waals surface area contributed by atoms with E-state index in [4.69, 9.17) is 4.74 Å². The Kier molecular flexibility index (Phi) is 4.07. The van der Waals surface area contributed by atoms with E-state index in [0.29, 0.717) is 0 Å². The fourth-order valence-electron chi connectivity index (χ4n) is 4.01. The van der Waals surface area contributed by atoms with Gasteiger partial charge in [0, 0.05) is 24.4 Å². The number of pyridine rings is 2. The molecule has 2 heteroatoms. The molecule has 0 aliphatic heterocycles. The molecular weight excluding hydrogens is 318 g/mol. The van der Waals surface area contributed by atoms with Crippen molar-refractivity contribution in [2.24, 2.45) is 0 Å². The smallest absolute Gasteiger partial charge is 0.219 e. The van der Waals surface area contributed by atoms with Crippen LogP contribution in [0.3, 0.4) is 0 Å². The summed E-state index contributed by atoms with van der Waals surface area (Å²) in [5, 5.41) is 5.16. The molecule has 0 saturated carbocycles. The van der Waals surface area contributed by atoms with Gasteiger partial charge in [0.2, 0.25) is 5.52 Å². The second-order valence-corrected chi connectivity index (χ2v) is 7.33. The SMILES string of the molecule is CCCc1cc2c(cc[n+]3c(C)c4cc(C)c(C)cc4cc23)cc1OC. The first-order chi connectivity index (χ1) is 12.5. The monoisotopic (exact) mass is 344 g/mol. The molecule has 0 unspecified atom stereocenters. The van der Waals surface area contributed by atoms with Crippen molar-refractivity contribution >= 4 is 27.1 Å². The maximum atomic E-state index is 5.63. The fraction of sp³-hybridized carbons (Fsp3) is 0.292. The lowest BCUT2D eigenvalue weighted by atomic mass is 9.98. The average Bonchev–Trinajstić information content (AvgIpc) is 2.63. The van der Waals surface area contributed by atoms with E-state index in [1.54, 1.807) is 7.11 Å². The molecule has 0 aliphatic carbocycles. The van der Waals surface area contributed by atoms with Gasteiger partial charge in [-0.3, -0.25) is 0 Å². The number of hydrogen-bond donors (Lipinski definition) is 0. The van der Waals surface area contributed by atoms with Crippen molar-refractivity contribution in [3.05, 3.63) is 65.0 Å². The minimum atomic E-state index is 0.993. The van der Waals surface area contributed by atoms with Crippen LogP contribution in [-0.4, -0.2) is 7.11 Å². The van der Waals surface area contributed by atoms with Crippen LogP contribution in [0.2, 0.25) is 0 Å². The van der Waals surface area contributed by atoms with Gasteiger partial charge in [0.25, 0.3) is 0 Å². The minimum absolute atomic E-state index is 0.993. The Balaban J connectivity index is 2.14. The lowest BCUT2D eigenvalue weighted by Crippen LogP contribution is -2.25. The van der Waals surface area contributed by atoms with Gasteiger partial charge in [-0.1, -0.05) is 19.4 Å². The van der Waals surface area contributed by atoms with Crippen LogP contribution < -0.4 is 9.14 Å². The summed E-state index contributed by atoms with van der Waals surface area (Å²) in [6.45, 7) is 8.80. The summed E-state index contributed by atoms with van der Waals surface area (Å²) in [5.41, 5.74) is 6.52. The van der Waals surface area contributed by atoms with Crippen LogP contribution in [0.15, 0.2) is 42.6 Å². The number of rotatable bonds is 3. The highest BCUT2D eigenvalue weighted by Gasteiger charge is 2.17. The zero-order chi connectivity index (χ0) is 18.4. The molecular formula is C24H26NO+. The molecule has 0 amide bonds. The Labute approximate surface area is 155 Å². The van der Waals surface area contributed by atoms with Crippen LogP contribution in [0.4, 0.5) is 0 Å². The molecule has 2 heterocycles. The van der Waals surface area contributed by atoms with E-state index in [-0.39, 0.29) is 0 Å². The van der Waals surface area contributed by atoms with E-state index >= 15 is 0 Å². The normalized spacial score (nSPS) is 11.6. The second-order valence-electron chi connectivity index (χ2n) is 7.33. The van der Waals surface area contributed by atoms with Gasteiger partial charge in [0.05, 0.1) is 12.5 Å². The molecule has 26 heavy (non-hydrogen) atoms. The summed E-state index contributed by atoms with van der Waals surface area (Å²) < 4.78 is 7.96. The molecule has 0 spiro atoms. The third kappa shape index (κ3) is 2.52. The molecule has 0 aliphatic rings. The Morgan fingerprint density at radius 1 is 0.885 bits per heavy atom. The summed E-state index contributed by atoms with van der Waals surface area (Å²) in [6.07, 6.45) is 4.33. The first kappa shape index (κ1) is 16.8. The highest BCUT2D eigenvalue weighted by Crippen LogP contribution is 2.30. The maximum Gasteiger partial charge on any atom is 0.219 e. The highest BCUT2D eigenvalue weighted by molar-refractivity contribution is 5.99. The van der Waals surface area contributed by atoms with Gasteiger partial charge >= 0.3 is 0 Å². The minimum Gasteiger partial charge on any atom is -0.496 e. The number of hydrogen-bond acceptors (Lipinski definition) is 1. The Bertz CT molecular complexity index is 1160. The summed E-state index contributed by atoms with van der Waals surface area (Å²) in [4.78, 5) is 0. The van der Waals surface area contributed by atoms with Gasteiger partial charge < -0.3 is 4.74 Å². The summed E-state index contributed by atoms with van der Waals surface area (Å²) in [7, 11) is 1.76. The first-order valence-electron chi connectivity index (χ1n) is 9.39. The molecule has 0 N–H and O–H groups in total. The predicted molar refractivity (Wildman–Crippen MR) is 109 cm³/mol. The lowest BCUT2D eigenvalue weighted by molar-refractivity contribution is -0.516. The van der Waals surface area contributed by atoms with Crippen molar-refractivity contribution in [2.45, 2.75) is 40.5 Å². The number of nitrogens with zero attached hydrogens (tertiary/aromatic N) is 1. The van der Waals surface area contributed by atoms with Crippen molar-refractivity contribution in [2.75, 3.05) is 7.11 Å². The standard InChI is InChI=1S/C24H26NO/c1-6-7-19-12-22-18(14-24(19)26-5)8-9-25-17(4)21-11-16(3)15(2)10-20(21)13-23(22)25/h8-14H,6-7H2,1-5H3/q+1. The van der Waals surface area contributed by atoms with Crippen LogP contribution in [-0.2, 0) is 6.42 Å². The third-order valence-corrected chi connectivity index (χ3v) is 5.62. The van der Waals surface area contributed by atoms with Gasteiger partial charge in [0.15, 0.2) is 11.9 Å². The van der Waals surface area contributed by atoms with Gasteiger partial charge in [-0.25, -0.2) is 0 Å². The van der Waals surface area contributed by atoms with Crippen molar-refractivity contribution < 1.29 is 9.14 Å². The van der Waals surface area contributed by atoms with Crippen LogP contribution in [0.25, 0.3) is 27.1 Å². The van der Waals surface area contributed by atoms with E-state index < -0.39 is 0 Å². The molecule has 0 bridgehead atoms. The molecule has 0 fully saturated rings. The van der Waals surface area contributed by atoms with Crippen molar-refractivity contribution in [1.29, 1.82) is 0 Å². The molecule has 4 rings (SSSR count). The number of benzene rings is 2. The number of aryl methyl sites for hydroxylation is 4. The van der Waals surface area contributed by atoms with Crippen LogP contribution >= 0.6 is 0 Å². The van der Waals surface area contributed by atoms with E-state index in [2.05, 4.69) is 74.7 Å². The van der Waals surface area contributed by atoms with Crippen molar-refractivity contribution in [3.8, 4) is 5.75 Å². The van der Waals surface area contributed by atoms with Gasteiger partial charge in [0.1, 0.15) is 5.75 Å². The van der Waals surface area contributed by atoms with Crippen LogP contribution in [0.1, 0.15) is 35.7 Å². The zero-order valence-electron chi connectivity index (χ0n) is 16.3. The van der Waals surface area contributed by atoms with Crippen LogP contribution in [0.5, 0.6) is 5.75 Å². The van der Waals surface area contributed by atoms with Gasteiger partial charge in [-0.05, 0) is 65.9 Å². The molecule has 2 aromatic carbocycles. The predicted octanol–water partition coefficient (Wildman–Crippen LogP) is 5.62. The van der Waals surface area contributed by atoms with E-state index in [1.807, 2.05) is 0 Å². The van der Waals surface area contributed by atoms with E-state index in [9.17, 15) is 0 Å². The number of methoxy groups -OCH3 is 1. The molecule has 2 nitrogen and oxygen atoms in total. The molecule has 4 aromatic rings. The summed E-state index contributed by atoms with van der Waals surface area (Å²) >= 11 is 0. The first-order valence-corrected chi connectivity index (χ1v) is 9.39. The van der Waals surface area contributed by atoms with Crippen molar-refractivity contribution in [1.82, 2.24) is 0 Å². The molecule has 132 valence electrons. The maximum absolute atomic E-state index is 5.63. The van der Waals surface area contributed by atoms with E-state index in [0.717, 1.165) is 18.6 Å². The quantitative estimate of drug-likeness (QED) is 0.267. The molecule has 0 atom stereocenters. The fourth-order valence-corrected chi connectivity index (χ4v) is 4.01. The molecule has 0 radical (unpaired) electrons. The summed E-state index contributed by atoms with van der Waals surface area (Å²) in [6, 6.07) is 13.7. The number of aromatic nitrogens is 1. The number of ether oxygens (including phenoxy) is 1.